The van der Waals surface area contributed by atoms with Crippen molar-refractivity contribution >= 4 is 10.0 Å². The van der Waals surface area contributed by atoms with E-state index in [-0.39, 0.29) is 10.9 Å². The van der Waals surface area contributed by atoms with E-state index in [1.807, 2.05) is 19.1 Å². The van der Waals surface area contributed by atoms with Gasteiger partial charge in [0.15, 0.2) is 5.76 Å². The van der Waals surface area contributed by atoms with Gasteiger partial charge in [-0.15, -0.1) is 0 Å². The largest absolute Gasteiger partial charge is 0.360 e. The molecular formula is C19H24N6O4S. The number of aryl methyl sites for hydroxylation is 2. The Balaban J connectivity index is 1.47. The molecule has 0 saturated carbocycles. The maximum absolute atomic E-state index is 13.1. The Morgan fingerprint density at radius 2 is 1.93 bits per heavy atom. The number of sulfonamides is 1. The standard InChI is InChI=1S/C19H24N6O4S/c1-13-17(15(3)28-22-13)30(26,27)25-9-5-8-24(10-11-25)14(2)19-21-18(23-29-19)16-6-4-7-20-12-16/h4,6-7,12,14H,5,8-11H2,1-3H3. The molecule has 0 bridgehead atoms. The molecule has 1 atom stereocenters. The van der Waals surface area contributed by atoms with E-state index < -0.39 is 10.0 Å². The third-order valence-corrected chi connectivity index (χ3v) is 7.47. The van der Waals surface area contributed by atoms with Gasteiger partial charge in [-0.25, -0.2) is 8.42 Å². The zero-order valence-corrected chi connectivity index (χ0v) is 18.0. The predicted molar refractivity (Wildman–Crippen MR) is 107 cm³/mol. The summed E-state index contributed by atoms with van der Waals surface area (Å²) < 4.78 is 38.3. The number of aromatic nitrogens is 4. The van der Waals surface area contributed by atoms with Gasteiger partial charge in [0, 0.05) is 44.1 Å². The minimum absolute atomic E-state index is 0.135. The molecule has 0 N–H and O–H groups in total. The summed E-state index contributed by atoms with van der Waals surface area (Å²) in [6, 6.07) is 3.55. The lowest BCUT2D eigenvalue weighted by atomic mass is 10.2. The first-order valence-electron chi connectivity index (χ1n) is 9.79. The van der Waals surface area contributed by atoms with Crippen LogP contribution in [0.25, 0.3) is 11.4 Å². The molecule has 3 aromatic heterocycles. The minimum atomic E-state index is -3.66. The molecule has 0 spiro atoms. The molecule has 0 aromatic carbocycles. The maximum Gasteiger partial charge on any atom is 0.248 e. The Hall–Kier alpha value is -2.63. The highest BCUT2D eigenvalue weighted by molar-refractivity contribution is 7.89. The summed E-state index contributed by atoms with van der Waals surface area (Å²) in [5.41, 5.74) is 1.17. The summed E-state index contributed by atoms with van der Waals surface area (Å²) in [6.07, 6.45) is 4.06. The van der Waals surface area contributed by atoms with Crippen LogP contribution in [0, 0.1) is 13.8 Å². The lowest BCUT2D eigenvalue weighted by molar-refractivity contribution is 0.181. The van der Waals surface area contributed by atoms with Crippen LogP contribution in [0.2, 0.25) is 0 Å². The first-order valence-corrected chi connectivity index (χ1v) is 11.2. The van der Waals surface area contributed by atoms with E-state index in [1.54, 1.807) is 26.2 Å². The van der Waals surface area contributed by atoms with E-state index in [0.29, 0.717) is 49.2 Å². The van der Waals surface area contributed by atoms with Crippen molar-refractivity contribution in [1.29, 1.82) is 0 Å². The molecule has 1 saturated heterocycles. The second-order valence-corrected chi connectivity index (χ2v) is 9.20. The molecule has 1 fully saturated rings. The highest BCUT2D eigenvalue weighted by atomic mass is 32.2. The summed E-state index contributed by atoms with van der Waals surface area (Å²) in [5.74, 6) is 1.30. The fraction of sp³-hybridized carbons (Fsp3) is 0.474. The summed E-state index contributed by atoms with van der Waals surface area (Å²) in [5, 5.41) is 7.84. The first kappa shape index (κ1) is 20.6. The monoisotopic (exact) mass is 432 g/mol. The SMILES string of the molecule is Cc1noc(C)c1S(=O)(=O)N1CCCN(C(C)c2nc(-c3cccnc3)no2)CC1. The second-order valence-electron chi connectivity index (χ2n) is 7.32. The Morgan fingerprint density at radius 1 is 1.10 bits per heavy atom. The van der Waals surface area contributed by atoms with Gasteiger partial charge >= 0.3 is 0 Å². The lowest BCUT2D eigenvalue weighted by Gasteiger charge is -2.25. The number of rotatable bonds is 5. The van der Waals surface area contributed by atoms with Gasteiger partial charge in [-0.05, 0) is 39.3 Å². The van der Waals surface area contributed by atoms with Crippen molar-refractivity contribution in [2.75, 3.05) is 26.2 Å². The van der Waals surface area contributed by atoms with Gasteiger partial charge in [0.05, 0.1) is 6.04 Å². The molecule has 0 amide bonds. The Kier molecular flexibility index (Phi) is 5.67. The van der Waals surface area contributed by atoms with Gasteiger partial charge < -0.3 is 9.05 Å². The van der Waals surface area contributed by atoms with Crippen LogP contribution in [0.1, 0.15) is 36.7 Å². The molecule has 30 heavy (non-hydrogen) atoms. The number of hydrogen-bond donors (Lipinski definition) is 0. The molecule has 11 heteroatoms. The van der Waals surface area contributed by atoms with E-state index in [9.17, 15) is 8.42 Å². The van der Waals surface area contributed by atoms with Crippen molar-refractivity contribution in [3.05, 3.63) is 41.9 Å². The highest BCUT2D eigenvalue weighted by Gasteiger charge is 2.33. The van der Waals surface area contributed by atoms with Crippen LogP contribution in [0.4, 0.5) is 0 Å². The molecule has 10 nitrogen and oxygen atoms in total. The van der Waals surface area contributed by atoms with Gasteiger partial charge in [-0.2, -0.15) is 9.29 Å². The number of nitrogens with zero attached hydrogens (tertiary/aromatic N) is 6. The topological polar surface area (TPSA) is 118 Å². The average Bonchev–Trinajstić information content (AvgIpc) is 3.27. The van der Waals surface area contributed by atoms with E-state index in [4.69, 9.17) is 9.05 Å². The Labute approximate surface area is 174 Å². The van der Waals surface area contributed by atoms with E-state index in [0.717, 1.165) is 12.1 Å². The van der Waals surface area contributed by atoms with Crippen LogP contribution in [0.15, 0.2) is 38.5 Å². The van der Waals surface area contributed by atoms with E-state index in [1.165, 1.54) is 4.31 Å². The van der Waals surface area contributed by atoms with Crippen molar-refractivity contribution < 1.29 is 17.5 Å². The fourth-order valence-electron chi connectivity index (χ4n) is 3.69. The minimum Gasteiger partial charge on any atom is -0.360 e. The molecule has 1 unspecified atom stereocenters. The van der Waals surface area contributed by atoms with Crippen LogP contribution in [0.5, 0.6) is 0 Å². The van der Waals surface area contributed by atoms with Crippen molar-refractivity contribution in [2.45, 2.75) is 38.1 Å². The summed E-state index contributed by atoms with van der Waals surface area (Å²) in [7, 11) is -3.66. The second kappa shape index (κ2) is 8.25. The Morgan fingerprint density at radius 3 is 2.63 bits per heavy atom. The smallest absolute Gasteiger partial charge is 0.248 e. The average molecular weight is 433 g/mol. The van der Waals surface area contributed by atoms with Gasteiger partial charge in [0.25, 0.3) is 0 Å². The molecular weight excluding hydrogens is 408 g/mol. The zero-order chi connectivity index (χ0) is 21.3. The molecule has 3 aromatic rings. The third kappa shape index (κ3) is 3.87. The van der Waals surface area contributed by atoms with Crippen LogP contribution in [0.3, 0.4) is 0 Å². The fourth-order valence-corrected chi connectivity index (χ4v) is 5.45. The normalized spacial score (nSPS) is 17.7. The quantitative estimate of drug-likeness (QED) is 0.597. The molecule has 0 aliphatic carbocycles. The van der Waals surface area contributed by atoms with E-state index >= 15 is 0 Å². The number of pyridine rings is 1. The van der Waals surface area contributed by atoms with Crippen LogP contribution >= 0.6 is 0 Å². The van der Waals surface area contributed by atoms with Crippen LogP contribution in [-0.2, 0) is 10.0 Å². The lowest BCUT2D eigenvalue weighted by Crippen LogP contribution is -2.36. The van der Waals surface area contributed by atoms with Gasteiger partial charge in [-0.1, -0.05) is 10.3 Å². The van der Waals surface area contributed by atoms with Crippen molar-refractivity contribution in [3.8, 4) is 11.4 Å². The summed E-state index contributed by atoms with van der Waals surface area (Å²) >= 11 is 0. The third-order valence-electron chi connectivity index (χ3n) is 5.32. The van der Waals surface area contributed by atoms with Gasteiger partial charge in [0.2, 0.25) is 21.7 Å². The highest BCUT2D eigenvalue weighted by Crippen LogP contribution is 2.27. The predicted octanol–water partition coefficient (Wildman–Crippen LogP) is 2.19. The molecule has 0 radical (unpaired) electrons. The summed E-state index contributed by atoms with van der Waals surface area (Å²) in [4.78, 5) is 10.9. The van der Waals surface area contributed by atoms with Gasteiger partial charge in [-0.3, -0.25) is 9.88 Å². The molecule has 1 aliphatic heterocycles. The van der Waals surface area contributed by atoms with Gasteiger partial charge in [0.1, 0.15) is 10.6 Å². The Bertz CT molecular complexity index is 1090. The summed E-state index contributed by atoms with van der Waals surface area (Å²) in [6.45, 7) is 7.31. The van der Waals surface area contributed by atoms with E-state index in [2.05, 4.69) is 25.2 Å². The molecule has 4 heterocycles. The maximum atomic E-state index is 13.1. The molecule has 1 aliphatic rings. The molecule has 160 valence electrons. The zero-order valence-electron chi connectivity index (χ0n) is 17.1. The van der Waals surface area contributed by atoms with Crippen molar-refractivity contribution in [3.63, 3.8) is 0 Å². The number of hydrogen-bond acceptors (Lipinski definition) is 9. The van der Waals surface area contributed by atoms with Crippen LogP contribution < -0.4 is 0 Å². The van der Waals surface area contributed by atoms with Crippen molar-refractivity contribution in [1.82, 2.24) is 29.5 Å². The molecule has 4 rings (SSSR count). The van der Waals surface area contributed by atoms with Crippen LogP contribution in [-0.4, -0.2) is 64.1 Å². The first-order chi connectivity index (χ1) is 14.4. The van der Waals surface area contributed by atoms with Crippen molar-refractivity contribution in [2.24, 2.45) is 0 Å².